The maximum absolute atomic E-state index is 12.7. The molecule has 5 heteroatoms. The van der Waals surface area contributed by atoms with Crippen molar-refractivity contribution in [1.82, 2.24) is 4.90 Å². The van der Waals surface area contributed by atoms with Gasteiger partial charge in [0.15, 0.2) is 0 Å². The minimum absolute atomic E-state index is 0.0500. The normalized spacial score (nSPS) is 15.9. The number of carbonyl (C=O) groups is 1. The van der Waals surface area contributed by atoms with Crippen molar-refractivity contribution in [2.45, 2.75) is 13.8 Å². The van der Waals surface area contributed by atoms with Crippen LogP contribution < -0.4 is 14.4 Å². The molecular weight excluding hydrogens is 268 g/mol. The molecule has 1 aromatic carbocycles. The van der Waals surface area contributed by atoms with Crippen molar-refractivity contribution in [3.05, 3.63) is 23.8 Å². The topological polar surface area (TPSA) is 43.2 Å². The Labute approximate surface area is 126 Å². The molecule has 2 rings (SSSR count). The first-order valence-corrected chi connectivity index (χ1v) is 7.66. The number of hydrogen-bond donors (Lipinski definition) is 1. The zero-order valence-corrected chi connectivity index (χ0v) is 13.1. The number of piperazine rings is 1. The SMILES string of the molecule is CCOc1ccc(C(=O)N2CC[NH+](C)CC2)c(OCC)c1. The third-order valence-electron chi connectivity index (χ3n) is 3.70. The van der Waals surface area contributed by atoms with Gasteiger partial charge in [-0.15, -0.1) is 0 Å². The summed E-state index contributed by atoms with van der Waals surface area (Å²) in [6, 6.07) is 5.45. The van der Waals surface area contributed by atoms with Gasteiger partial charge in [-0.25, -0.2) is 0 Å². The van der Waals surface area contributed by atoms with Crippen LogP contribution in [0.1, 0.15) is 24.2 Å². The largest absolute Gasteiger partial charge is 0.494 e. The van der Waals surface area contributed by atoms with Gasteiger partial charge in [0, 0.05) is 6.07 Å². The Morgan fingerprint density at radius 2 is 1.86 bits per heavy atom. The number of ether oxygens (including phenoxy) is 2. The summed E-state index contributed by atoms with van der Waals surface area (Å²) in [5, 5.41) is 0. The minimum atomic E-state index is 0.0500. The van der Waals surface area contributed by atoms with E-state index in [2.05, 4.69) is 7.05 Å². The van der Waals surface area contributed by atoms with Crippen LogP contribution in [-0.4, -0.2) is 57.2 Å². The Morgan fingerprint density at radius 3 is 2.48 bits per heavy atom. The lowest BCUT2D eigenvalue weighted by molar-refractivity contribution is -0.883. The number of likely N-dealkylation sites (N-methyl/N-ethyl adjacent to an activating group) is 1. The fraction of sp³-hybridized carbons (Fsp3) is 0.562. The van der Waals surface area contributed by atoms with E-state index in [4.69, 9.17) is 9.47 Å². The van der Waals surface area contributed by atoms with E-state index in [-0.39, 0.29) is 5.91 Å². The molecule has 1 aromatic rings. The van der Waals surface area contributed by atoms with E-state index >= 15 is 0 Å². The Kier molecular flexibility index (Phi) is 5.44. The molecule has 0 spiro atoms. The molecule has 1 saturated heterocycles. The number of nitrogens with one attached hydrogen (secondary N) is 1. The van der Waals surface area contributed by atoms with Crippen LogP contribution in [0.2, 0.25) is 0 Å². The number of hydrogen-bond acceptors (Lipinski definition) is 3. The molecule has 0 aliphatic carbocycles. The second kappa shape index (κ2) is 7.31. The Bertz CT molecular complexity index is 482. The molecule has 5 nitrogen and oxygen atoms in total. The van der Waals surface area contributed by atoms with Gasteiger partial charge >= 0.3 is 0 Å². The summed E-state index contributed by atoms with van der Waals surface area (Å²) in [6.07, 6.45) is 0. The Balaban J connectivity index is 2.18. The van der Waals surface area contributed by atoms with E-state index in [1.165, 1.54) is 4.90 Å². The summed E-state index contributed by atoms with van der Waals surface area (Å²) >= 11 is 0. The molecule has 0 saturated carbocycles. The predicted octanol–water partition coefficient (Wildman–Crippen LogP) is 0.455. The molecule has 0 unspecified atom stereocenters. The van der Waals surface area contributed by atoms with Crippen molar-refractivity contribution >= 4 is 5.91 Å². The highest BCUT2D eigenvalue weighted by Crippen LogP contribution is 2.26. The lowest BCUT2D eigenvalue weighted by Crippen LogP contribution is -3.12. The molecule has 1 aliphatic rings. The molecule has 1 fully saturated rings. The third-order valence-corrected chi connectivity index (χ3v) is 3.70. The molecule has 1 amide bonds. The lowest BCUT2D eigenvalue weighted by atomic mass is 10.1. The predicted molar refractivity (Wildman–Crippen MR) is 81.3 cm³/mol. The Hall–Kier alpha value is -1.75. The second-order valence-corrected chi connectivity index (χ2v) is 5.27. The van der Waals surface area contributed by atoms with Gasteiger partial charge in [0.25, 0.3) is 5.91 Å². The number of nitrogens with zero attached hydrogens (tertiary/aromatic N) is 1. The quantitative estimate of drug-likeness (QED) is 0.857. The summed E-state index contributed by atoms with van der Waals surface area (Å²) in [4.78, 5) is 16.0. The van der Waals surface area contributed by atoms with Crippen LogP contribution in [0.5, 0.6) is 11.5 Å². The van der Waals surface area contributed by atoms with Crippen molar-refractivity contribution in [2.75, 3.05) is 46.4 Å². The van der Waals surface area contributed by atoms with Crippen LogP contribution >= 0.6 is 0 Å². The summed E-state index contributed by atoms with van der Waals surface area (Å²) in [7, 11) is 2.16. The average molecular weight is 293 g/mol. The maximum Gasteiger partial charge on any atom is 0.258 e. The van der Waals surface area contributed by atoms with Gasteiger partial charge in [-0.3, -0.25) is 4.79 Å². The van der Waals surface area contributed by atoms with Crippen LogP contribution in [0.4, 0.5) is 0 Å². The number of rotatable bonds is 5. The molecule has 0 aromatic heterocycles. The van der Waals surface area contributed by atoms with Gasteiger partial charge in [-0.05, 0) is 26.0 Å². The van der Waals surface area contributed by atoms with Gasteiger partial charge in [0.2, 0.25) is 0 Å². The highest BCUT2D eigenvalue weighted by atomic mass is 16.5. The summed E-state index contributed by atoms with van der Waals surface area (Å²) in [6.45, 7) is 8.56. The number of benzene rings is 1. The van der Waals surface area contributed by atoms with Crippen molar-refractivity contribution in [3.63, 3.8) is 0 Å². The van der Waals surface area contributed by atoms with Crippen LogP contribution in [-0.2, 0) is 0 Å². The molecule has 116 valence electrons. The fourth-order valence-electron chi connectivity index (χ4n) is 2.47. The molecule has 0 bridgehead atoms. The number of quaternary nitrogens is 1. The number of carbonyl (C=O) groups excluding carboxylic acids is 1. The molecule has 1 N–H and O–H groups in total. The highest BCUT2D eigenvalue weighted by molar-refractivity contribution is 5.97. The maximum atomic E-state index is 12.7. The first-order valence-electron chi connectivity index (χ1n) is 7.66. The van der Waals surface area contributed by atoms with E-state index in [0.29, 0.717) is 24.5 Å². The van der Waals surface area contributed by atoms with Gasteiger partial charge in [0.1, 0.15) is 11.5 Å². The van der Waals surface area contributed by atoms with E-state index in [1.807, 2.05) is 36.9 Å². The van der Waals surface area contributed by atoms with Crippen molar-refractivity contribution < 1.29 is 19.2 Å². The first-order chi connectivity index (χ1) is 10.2. The molecule has 0 radical (unpaired) electrons. The molecule has 1 aliphatic heterocycles. The van der Waals surface area contributed by atoms with Crippen molar-refractivity contribution in [3.8, 4) is 11.5 Å². The molecular formula is C16H25N2O3+. The van der Waals surface area contributed by atoms with Gasteiger partial charge in [0.05, 0.1) is 52.0 Å². The van der Waals surface area contributed by atoms with E-state index in [1.54, 1.807) is 0 Å². The third kappa shape index (κ3) is 3.88. The summed E-state index contributed by atoms with van der Waals surface area (Å²) in [5.74, 6) is 1.40. The lowest BCUT2D eigenvalue weighted by Gasteiger charge is -2.30. The highest BCUT2D eigenvalue weighted by Gasteiger charge is 2.25. The van der Waals surface area contributed by atoms with Crippen LogP contribution in [0, 0.1) is 0 Å². The monoisotopic (exact) mass is 293 g/mol. The zero-order valence-electron chi connectivity index (χ0n) is 13.1. The zero-order chi connectivity index (χ0) is 15.2. The molecule has 0 atom stereocenters. The Morgan fingerprint density at radius 1 is 1.19 bits per heavy atom. The minimum Gasteiger partial charge on any atom is -0.494 e. The first kappa shape index (κ1) is 15.6. The van der Waals surface area contributed by atoms with Gasteiger partial charge in [-0.2, -0.15) is 0 Å². The summed E-state index contributed by atoms with van der Waals surface area (Å²) in [5.41, 5.74) is 0.625. The number of amides is 1. The van der Waals surface area contributed by atoms with Gasteiger partial charge in [-0.1, -0.05) is 0 Å². The van der Waals surface area contributed by atoms with E-state index < -0.39 is 0 Å². The standard InChI is InChI=1S/C16H24N2O3/c1-4-20-13-6-7-14(15(12-13)21-5-2)16(19)18-10-8-17(3)9-11-18/h6-7,12H,4-5,8-11H2,1-3H3/p+1. The fourth-order valence-corrected chi connectivity index (χ4v) is 2.47. The van der Waals surface area contributed by atoms with E-state index in [0.717, 1.165) is 31.9 Å². The van der Waals surface area contributed by atoms with E-state index in [9.17, 15) is 4.79 Å². The smallest absolute Gasteiger partial charge is 0.258 e. The van der Waals surface area contributed by atoms with Crippen molar-refractivity contribution in [1.29, 1.82) is 0 Å². The van der Waals surface area contributed by atoms with Gasteiger partial charge < -0.3 is 19.3 Å². The van der Waals surface area contributed by atoms with Crippen LogP contribution in [0.15, 0.2) is 18.2 Å². The average Bonchev–Trinajstić information content (AvgIpc) is 2.48. The van der Waals surface area contributed by atoms with Crippen LogP contribution in [0.3, 0.4) is 0 Å². The summed E-state index contributed by atoms with van der Waals surface area (Å²) < 4.78 is 11.1. The second-order valence-electron chi connectivity index (χ2n) is 5.27. The molecule has 21 heavy (non-hydrogen) atoms. The van der Waals surface area contributed by atoms with Crippen LogP contribution in [0.25, 0.3) is 0 Å². The molecule has 1 heterocycles. The van der Waals surface area contributed by atoms with Crippen molar-refractivity contribution in [2.24, 2.45) is 0 Å².